The number of carbonyl (C=O) groups is 1. The summed E-state index contributed by atoms with van der Waals surface area (Å²) < 4.78 is 0. The molecule has 0 aliphatic carbocycles. The highest BCUT2D eigenvalue weighted by molar-refractivity contribution is 5.94. The van der Waals surface area contributed by atoms with Gasteiger partial charge in [-0.1, -0.05) is 5.21 Å². The summed E-state index contributed by atoms with van der Waals surface area (Å²) in [5.41, 5.74) is 6.70. The standard InChI is InChI=1S/C9H11N7O/c1-5-2-6(3-7(10)12-5)9(17)11-4-8-13-15-16-14-8/h2-3H,4H2,1H3,(H2,10,12)(H,11,17)(H,13,14,15,16). The quantitative estimate of drug-likeness (QED) is 0.651. The van der Waals surface area contributed by atoms with E-state index in [1.165, 1.54) is 6.07 Å². The molecule has 2 heterocycles. The fraction of sp³-hybridized carbons (Fsp3) is 0.222. The predicted molar refractivity (Wildman–Crippen MR) is 58.7 cm³/mol. The van der Waals surface area contributed by atoms with Gasteiger partial charge in [0.2, 0.25) is 0 Å². The van der Waals surface area contributed by atoms with Gasteiger partial charge in [-0.05, 0) is 19.1 Å². The Morgan fingerprint density at radius 3 is 3.00 bits per heavy atom. The Hall–Kier alpha value is -2.51. The number of hydrogen-bond donors (Lipinski definition) is 3. The van der Waals surface area contributed by atoms with Crippen LogP contribution in [0.5, 0.6) is 0 Å². The number of aryl methyl sites for hydroxylation is 1. The fourth-order valence-electron chi connectivity index (χ4n) is 1.34. The topological polar surface area (TPSA) is 122 Å². The lowest BCUT2D eigenvalue weighted by molar-refractivity contribution is 0.0949. The molecule has 88 valence electrons. The Morgan fingerprint density at radius 2 is 2.35 bits per heavy atom. The van der Waals surface area contributed by atoms with Gasteiger partial charge in [0.25, 0.3) is 5.91 Å². The number of nitrogens with one attached hydrogen (secondary N) is 2. The van der Waals surface area contributed by atoms with Crippen LogP contribution in [0.2, 0.25) is 0 Å². The van der Waals surface area contributed by atoms with Crippen molar-refractivity contribution < 1.29 is 4.79 Å². The van der Waals surface area contributed by atoms with E-state index in [9.17, 15) is 4.79 Å². The second-order valence-electron chi connectivity index (χ2n) is 3.43. The molecule has 0 unspecified atom stereocenters. The van der Waals surface area contributed by atoms with Crippen molar-refractivity contribution in [2.75, 3.05) is 5.73 Å². The molecule has 0 fully saturated rings. The number of tetrazole rings is 1. The number of anilines is 1. The summed E-state index contributed by atoms with van der Waals surface area (Å²) in [7, 11) is 0. The fourth-order valence-corrected chi connectivity index (χ4v) is 1.34. The van der Waals surface area contributed by atoms with Crippen molar-refractivity contribution in [1.82, 2.24) is 30.9 Å². The minimum atomic E-state index is -0.257. The van der Waals surface area contributed by atoms with Crippen molar-refractivity contribution in [2.24, 2.45) is 0 Å². The maximum atomic E-state index is 11.8. The molecule has 0 saturated carbocycles. The summed E-state index contributed by atoms with van der Waals surface area (Å²) in [5.74, 6) is 0.471. The maximum Gasteiger partial charge on any atom is 0.251 e. The number of nitrogen functional groups attached to an aromatic ring is 1. The lowest BCUT2D eigenvalue weighted by Gasteiger charge is -2.04. The molecule has 1 amide bonds. The highest BCUT2D eigenvalue weighted by Gasteiger charge is 2.08. The summed E-state index contributed by atoms with van der Waals surface area (Å²) in [5, 5.41) is 15.8. The molecular formula is C9H11N7O. The summed E-state index contributed by atoms with van der Waals surface area (Å²) in [6.45, 7) is 1.98. The number of amides is 1. The molecule has 0 aliphatic rings. The number of aromatic amines is 1. The van der Waals surface area contributed by atoms with Gasteiger partial charge in [-0.15, -0.1) is 10.2 Å². The van der Waals surface area contributed by atoms with Gasteiger partial charge >= 0.3 is 0 Å². The van der Waals surface area contributed by atoms with Crippen molar-refractivity contribution >= 4 is 11.7 Å². The highest BCUT2D eigenvalue weighted by Crippen LogP contribution is 2.06. The normalized spacial score (nSPS) is 10.2. The van der Waals surface area contributed by atoms with Crippen molar-refractivity contribution in [1.29, 1.82) is 0 Å². The molecule has 0 aromatic carbocycles. The number of H-pyrrole nitrogens is 1. The zero-order chi connectivity index (χ0) is 12.3. The average molecular weight is 233 g/mol. The van der Waals surface area contributed by atoms with Gasteiger partial charge in [-0.2, -0.15) is 5.21 Å². The van der Waals surface area contributed by atoms with Gasteiger partial charge in [-0.3, -0.25) is 4.79 Å². The summed E-state index contributed by atoms with van der Waals surface area (Å²) in [4.78, 5) is 15.7. The van der Waals surface area contributed by atoms with E-state index in [1.54, 1.807) is 13.0 Å². The number of pyridine rings is 1. The molecule has 8 heteroatoms. The first-order chi connectivity index (χ1) is 8.15. The molecule has 4 N–H and O–H groups in total. The third kappa shape index (κ3) is 2.74. The number of carbonyl (C=O) groups excluding carboxylic acids is 1. The third-order valence-electron chi connectivity index (χ3n) is 2.03. The van der Waals surface area contributed by atoms with E-state index < -0.39 is 0 Å². The Kier molecular flexibility index (Phi) is 2.95. The van der Waals surface area contributed by atoms with Gasteiger partial charge in [0.15, 0.2) is 5.82 Å². The molecule has 0 bridgehead atoms. The second-order valence-corrected chi connectivity index (χ2v) is 3.43. The Bertz CT molecular complexity index is 502. The van der Waals surface area contributed by atoms with Crippen LogP contribution < -0.4 is 11.1 Å². The van der Waals surface area contributed by atoms with Gasteiger partial charge in [0.1, 0.15) is 5.82 Å². The van der Waals surface area contributed by atoms with E-state index in [2.05, 4.69) is 30.9 Å². The van der Waals surface area contributed by atoms with Crippen LogP contribution in [0.25, 0.3) is 0 Å². The first-order valence-electron chi connectivity index (χ1n) is 4.90. The molecular weight excluding hydrogens is 222 g/mol. The van der Waals surface area contributed by atoms with E-state index in [-0.39, 0.29) is 12.5 Å². The van der Waals surface area contributed by atoms with Gasteiger partial charge < -0.3 is 11.1 Å². The van der Waals surface area contributed by atoms with E-state index in [4.69, 9.17) is 5.73 Å². The molecule has 2 aromatic heterocycles. The van der Waals surface area contributed by atoms with E-state index >= 15 is 0 Å². The van der Waals surface area contributed by atoms with Gasteiger partial charge in [-0.25, -0.2) is 4.98 Å². The van der Waals surface area contributed by atoms with Crippen molar-refractivity contribution in [3.05, 3.63) is 29.2 Å². The number of rotatable bonds is 3. The van der Waals surface area contributed by atoms with E-state index in [0.717, 1.165) is 0 Å². The summed E-state index contributed by atoms with van der Waals surface area (Å²) in [6.07, 6.45) is 0. The van der Waals surface area contributed by atoms with Crippen LogP contribution in [-0.2, 0) is 6.54 Å². The number of nitrogens with two attached hydrogens (primary N) is 1. The average Bonchev–Trinajstić information content (AvgIpc) is 2.77. The largest absolute Gasteiger partial charge is 0.384 e. The lowest BCUT2D eigenvalue weighted by atomic mass is 10.2. The maximum absolute atomic E-state index is 11.8. The Balaban J connectivity index is 2.04. The molecule has 2 aromatic rings. The Morgan fingerprint density at radius 1 is 1.53 bits per heavy atom. The van der Waals surface area contributed by atoms with Crippen LogP contribution in [0.4, 0.5) is 5.82 Å². The zero-order valence-corrected chi connectivity index (χ0v) is 9.14. The third-order valence-corrected chi connectivity index (χ3v) is 2.03. The first-order valence-corrected chi connectivity index (χ1v) is 4.90. The molecule has 2 rings (SSSR count). The minimum Gasteiger partial charge on any atom is -0.384 e. The van der Waals surface area contributed by atoms with E-state index in [1.807, 2.05) is 0 Å². The monoisotopic (exact) mass is 233 g/mol. The highest BCUT2D eigenvalue weighted by atomic mass is 16.1. The van der Waals surface area contributed by atoms with Gasteiger partial charge in [0.05, 0.1) is 6.54 Å². The predicted octanol–water partition coefficient (Wildman–Crippen LogP) is -0.585. The van der Waals surface area contributed by atoms with Crippen molar-refractivity contribution in [3.8, 4) is 0 Å². The van der Waals surface area contributed by atoms with Crippen LogP contribution >= 0.6 is 0 Å². The van der Waals surface area contributed by atoms with Crippen molar-refractivity contribution in [3.63, 3.8) is 0 Å². The summed E-state index contributed by atoms with van der Waals surface area (Å²) in [6, 6.07) is 3.17. The Labute approximate surface area is 96.6 Å². The molecule has 0 saturated heterocycles. The van der Waals surface area contributed by atoms with E-state index in [0.29, 0.717) is 22.9 Å². The van der Waals surface area contributed by atoms with Crippen LogP contribution in [0, 0.1) is 6.92 Å². The smallest absolute Gasteiger partial charge is 0.251 e. The van der Waals surface area contributed by atoms with Crippen LogP contribution in [-0.4, -0.2) is 31.5 Å². The molecule has 8 nitrogen and oxygen atoms in total. The molecule has 0 aliphatic heterocycles. The van der Waals surface area contributed by atoms with Crippen molar-refractivity contribution in [2.45, 2.75) is 13.5 Å². The molecule has 0 spiro atoms. The second kappa shape index (κ2) is 4.56. The van der Waals surface area contributed by atoms with Crippen LogP contribution in [0.3, 0.4) is 0 Å². The SMILES string of the molecule is Cc1cc(C(=O)NCc2nn[nH]n2)cc(N)n1. The summed E-state index contributed by atoms with van der Waals surface area (Å²) >= 11 is 0. The lowest BCUT2D eigenvalue weighted by Crippen LogP contribution is -2.23. The molecule has 0 atom stereocenters. The van der Waals surface area contributed by atoms with Gasteiger partial charge in [0, 0.05) is 11.3 Å². The molecule has 17 heavy (non-hydrogen) atoms. The number of nitrogens with zero attached hydrogens (tertiary/aromatic N) is 4. The minimum absolute atomic E-state index is 0.205. The zero-order valence-electron chi connectivity index (χ0n) is 9.14. The first kappa shape index (κ1) is 11.0. The van der Waals surface area contributed by atoms with Crippen LogP contribution in [0.15, 0.2) is 12.1 Å². The van der Waals surface area contributed by atoms with Crippen LogP contribution in [0.1, 0.15) is 21.9 Å². The molecule has 0 radical (unpaired) electrons. The number of hydrogen-bond acceptors (Lipinski definition) is 6. The number of aromatic nitrogens is 5.